The van der Waals surface area contributed by atoms with Crippen molar-refractivity contribution in [2.24, 2.45) is 0 Å². The summed E-state index contributed by atoms with van der Waals surface area (Å²) in [7, 11) is 0. The van der Waals surface area contributed by atoms with Gasteiger partial charge in [-0.15, -0.1) is 0 Å². The molecule has 1 unspecified atom stereocenters. The van der Waals surface area contributed by atoms with Crippen molar-refractivity contribution in [1.29, 1.82) is 0 Å². The van der Waals surface area contributed by atoms with Crippen molar-refractivity contribution in [3.63, 3.8) is 0 Å². The van der Waals surface area contributed by atoms with Gasteiger partial charge in [0.05, 0.1) is 12.1 Å². The van der Waals surface area contributed by atoms with Gasteiger partial charge in [0.1, 0.15) is 6.04 Å². The number of carbonyl (C=O) groups is 2. The lowest BCUT2D eigenvalue weighted by atomic mass is 10.1. The molecule has 2 aromatic rings. The molecule has 1 fully saturated rings. The number of hydrogen-bond acceptors (Lipinski definition) is 6. The minimum atomic E-state index is -0.467. The summed E-state index contributed by atoms with van der Waals surface area (Å²) in [6.45, 7) is 4.68. The van der Waals surface area contributed by atoms with Crippen LogP contribution in [-0.4, -0.2) is 56.4 Å². The standard InChI is InChI=1S/C16H19N5O3/c1-11-18-15(24-19-11)14-10-20(12(2)22)7-4-8-21(14)16(23)13-5-3-6-17-9-13/h3,5-6,9,14H,4,7-8,10H2,1-2H3. The molecule has 2 amide bonds. The lowest BCUT2D eigenvalue weighted by Crippen LogP contribution is -2.39. The molecule has 3 rings (SSSR count). The van der Waals surface area contributed by atoms with Crippen LogP contribution >= 0.6 is 0 Å². The number of aryl methyl sites for hydroxylation is 1. The van der Waals surface area contributed by atoms with Crippen molar-refractivity contribution in [1.82, 2.24) is 24.9 Å². The van der Waals surface area contributed by atoms with Gasteiger partial charge in [0.2, 0.25) is 5.91 Å². The fourth-order valence-corrected chi connectivity index (χ4v) is 2.83. The number of nitrogens with zero attached hydrogens (tertiary/aromatic N) is 5. The summed E-state index contributed by atoms with van der Waals surface area (Å²) in [6.07, 6.45) is 3.84. The number of rotatable bonds is 2. The van der Waals surface area contributed by atoms with Crippen LogP contribution in [0.1, 0.15) is 41.5 Å². The SMILES string of the molecule is CC(=O)N1CCCN(C(=O)c2cccnc2)C(c2nc(C)no2)C1. The predicted molar refractivity (Wildman–Crippen MR) is 83.9 cm³/mol. The zero-order valence-corrected chi connectivity index (χ0v) is 13.7. The largest absolute Gasteiger partial charge is 0.340 e. The first-order chi connectivity index (χ1) is 11.6. The average Bonchev–Trinajstić information content (AvgIpc) is 2.89. The highest BCUT2D eigenvalue weighted by molar-refractivity contribution is 5.94. The zero-order chi connectivity index (χ0) is 17.1. The lowest BCUT2D eigenvalue weighted by molar-refractivity contribution is -0.129. The molecule has 3 heterocycles. The maximum absolute atomic E-state index is 12.9. The molecule has 8 heteroatoms. The summed E-state index contributed by atoms with van der Waals surface area (Å²) in [6, 6.07) is 2.98. The number of carbonyl (C=O) groups excluding carboxylic acids is 2. The van der Waals surface area contributed by atoms with Crippen molar-refractivity contribution in [2.75, 3.05) is 19.6 Å². The van der Waals surface area contributed by atoms with E-state index in [1.807, 2.05) is 0 Å². The molecule has 1 aliphatic rings. The summed E-state index contributed by atoms with van der Waals surface area (Å²) in [5.41, 5.74) is 0.495. The van der Waals surface area contributed by atoms with Crippen LogP contribution in [0.25, 0.3) is 0 Å². The van der Waals surface area contributed by atoms with Crippen LogP contribution in [0.5, 0.6) is 0 Å². The van der Waals surface area contributed by atoms with E-state index in [0.29, 0.717) is 43.3 Å². The third kappa shape index (κ3) is 3.27. The van der Waals surface area contributed by atoms with Crippen LogP contribution < -0.4 is 0 Å². The molecule has 2 aromatic heterocycles. The van der Waals surface area contributed by atoms with Gasteiger partial charge in [0, 0.05) is 32.4 Å². The zero-order valence-electron chi connectivity index (χ0n) is 13.7. The summed E-state index contributed by atoms with van der Waals surface area (Å²) >= 11 is 0. The van der Waals surface area contributed by atoms with Crippen LogP contribution in [-0.2, 0) is 4.79 Å². The first-order valence-corrected chi connectivity index (χ1v) is 7.83. The van der Waals surface area contributed by atoms with Gasteiger partial charge in [0.15, 0.2) is 5.82 Å². The Morgan fingerprint density at radius 2 is 2.17 bits per heavy atom. The second kappa shape index (κ2) is 6.77. The van der Waals surface area contributed by atoms with Crippen LogP contribution in [0.4, 0.5) is 0 Å². The minimum absolute atomic E-state index is 0.0353. The first-order valence-electron chi connectivity index (χ1n) is 7.83. The van der Waals surface area contributed by atoms with Gasteiger partial charge in [-0.1, -0.05) is 5.16 Å². The van der Waals surface area contributed by atoms with Crippen LogP contribution in [0.15, 0.2) is 29.0 Å². The molecular formula is C16H19N5O3. The topological polar surface area (TPSA) is 92.4 Å². The highest BCUT2D eigenvalue weighted by Gasteiger charge is 2.34. The molecule has 1 saturated heterocycles. The number of aromatic nitrogens is 3. The second-order valence-corrected chi connectivity index (χ2v) is 5.75. The quantitative estimate of drug-likeness (QED) is 0.822. The molecular weight excluding hydrogens is 310 g/mol. The molecule has 0 aliphatic carbocycles. The molecule has 0 radical (unpaired) electrons. The first kappa shape index (κ1) is 16.1. The number of hydrogen-bond donors (Lipinski definition) is 0. The van der Waals surface area contributed by atoms with E-state index in [9.17, 15) is 9.59 Å². The third-order valence-corrected chi connectivity index (χ3v) is 4.04. The summed E-state index contributed by atoms with van der Waals surface area (Å²) in [5, 5.41) is 3.82. The Kier molecular flexibility index (Phi) is 4.54. The van der Waals surface area contributed by atoms with E-state index in [2.05, 4.69) is 15.1 Å². The highest BCUT2D eigenvalue weighted by atomic mass is 16.5. The van der Waals surface area contributed by atoms with Gasteiger partial charge in [-0.2, -0.15) is 4.98 Å². The van der Waals surface area contributed by atoms with Crippen LogP contribution in [0.2, 0.25) is 0 Å². The van der Waals surface area contributed by atoms with E-state index < -0.39 is 6.04 Å². The molecule has 0 bridgehead atoms. The molecule has 1 atom stereocenters. The van der Waals surface area contributed by atoms with E-state index in [4.69, 9.17) is 4.52 Å². The van der Waals surface area contributed by atoms with Gasteiger partial charge in [-0.05, 0) is 25.5 Å². The van der Waals surface area contributed by atoms with Crippen molar-refractivity contribution < 1.29 is 14.1 Å². The highest BCUT2D eigenvalue weighted by Crippen LogP contribution is 2.25. The Hall–Kier alpha value is -2.77. The summed E-state index contributed by atoms with van der Waals surface area (Å²) < 4.78 is 5.30. The molecule has 126 valence electrons. The van der Waals surface area contributed by atoms with Gasteiger partial charge >= 0.3 is 0 Å². The van der Waals surface area contributed by atoms with E-state index in [1.165, 1.54) is 13.1 Å². The van der Waals surface area contributed by atoms with E-state index in [0.717, 1.165) is 0 Å². The second-order valence-electron chi connectivity index (χ2n) is 5.75. The van der Waals surface area contributed by atoms with Crippen molar-refractivity contribution in [2.45, 2.75) is 26.3 Å². The monoisotopic (exact) mass is 329 g/mol. The number of amides is 2. The Morgan fingerprint density at radius 1 is 1.33 bits per heavy atom. The minimum Gasteiger partial charge on any atom is -0.340 e. The molecule has 0 N–H and O–H groups in total. The van der Waals surface area contributed by atoms with Gasteiger partial charge < -0.3 is 14.3 Å². The van der Waals surface area contributed by atoms with Gasteiger partial charge in [-0.3, -0.25) is 14.6 Å². The third-order valence-electron chi connectivity index (χ3n) is 4.04. The average molecular weight is 329 g/mol. The molecule has 1 aliphatic heterocycles. The van der Waals surface area contributed by atoms with E-state index >= 15 is 0 Å². The molecule has 8 nitrogen and oxygen atoms in total. The molecule has 0 saturated carbocycles. The Bertz CT molecular complexity index is 730. The maximum Gasteiger partial charge on any atom is 0.256 e. The van der Waals surface area contributed by atoms with Gasteiger partial charge in [0.25, 0.3) is 11.8 Å². The smallest absolute Gasteiger partial charge is 0.256 e. The molecule has 24 heavy (non-hydrogen) atoms. The lowest BCUT2D eigenvalue weighted by Gasteiger charge is -2.29. The van der Waals surface area contributed by atoms with Crippen LogP contribution in [0.3, 0.4) is 0 Å². The molecule has 0 aromatic carbocycles. The summed E-state index contributed by atoms with van der Waals surface area (Å²) in [5.74, 6) is 0.650. The van der Waals surface area contributed by atoms with E-state index in [1.54, 1.807) is 35.1 Å². The Labute approximate surface area is 139 Å². The number of pyridine rings is 1. The van der Waals surface area contributed by atoms with Crippen LogP contribution in [0, 0.1) is 6.92 Å². The Morgan fingerprint density at radius 3 is 2.79 bits per heavy atom. The van der Waals surface area contributed by atoms with Gasteiger partial charge in [-0.25, -0.2) is 0 Å². The fraction of sp³-hybridized carbons (Fsp3) is 0.438. The summed E-state index contributed by atoms with van der Waals surface area (Å²) in [4.78, 5) is 36.4. The van der Waals surface area contributed by atoms with Crippen molar-refractivity contribution >= 4 is 11.8 Å². The maximum atomic E-state index is 12.9. The van der Waals surface area contributed by atoms with E-state index in [-0.39, 0.29) is 11.8 Å². The molecule has 0 spiro atoms. The fourth-order valence-electron chi connectivity index (χ4n) is 2.83. The van der Waals surface area contributed by atoms with Crippen molar-refractivity contribution in [3.05, 3.63) is 41.8 Å². The predicted octanol–water partition coefficient (Wildman–Crippen LogP) is 1.21. The normalized spacial score (nSPS) is 18.3. The Balaban J connectivity index is 1.95. The van der Waals surface area contributed by atoms with Crippen molar-refractivity contribution in [3.8, 4) is 0 Å².